The van der Waals surface area contributed by atoms with Crippen molar-refractivity contribution in [1.82, 2.24) is 10.6 Å². The number of aliphatic hydroxyl groups is 1. The maximum absolute atomic E-state index is 12.9. The van der Waals surface area contributed by atoms with Gasteiger partial charge in [0.05, 0.1) is 12.7 Å². The molecule has 1 fully saturated rings. The van der Waals surface area contributed by atoms with Crippen LogP contribution in [-0.2, 0) is 16.0 Å². The van der Waals surface area contributed by atoms with Gasteiger partial charge in [0, 0.05) is 44.7 Å². The fraction of sp³-hybridized carbons (Fsp3) is 0.759. The van der Waals surface area contributed by atoms with Gasteiger partial charge in [-0.1, -0.05) is 39.8 Å². The summed E-state index contributed by atoms with van der Waals surface area (Å²) in [6, 6.07) is 6.20. The van der Waals surface area contributed by atoms with Crippen LogP contribution in [0.3, 0.4) is 0 Å². The average Bonchev–Trinajstić information content (AvgIpc) is 3.33. The summed E-state index contributed by atoms with van der Waals surface area (Å²) >= 11 is 0. The third-order valence-corrected chi connectivity index (χ3v) is 7.56. The maximum Gasteiger partial charge on any atom is 0.223 e. The van der Waals surface area contributed by atoms with E-state index < -0.39 is 6.10 Å². The Morgan fingerprint density at radius 3 is 2.56 bits per heavy atom. The normalized spacial score (nSPS) is 19.3. The van der Waals surface area contributed by atoms with Crippen molar-refractivity contribution in [2.45, 2.75) is 84.9 Å². The molecule has 2 rings (SSSR count). The van der Waals surface area contributed by atoms with Crippen molar-refractivity contribution >= 4 is 5.91 Å². The monoisotopic (exact) mass is 505 g/mol. The second kappa shape index (κ2) is 15.6. The number of nitrogens with one attached hydrogen (secondary N) is 2. The van der Waals surface area contributed by atoms with E-state index in [0.29, 0.717) is 37.9 Å². The van der Waals surface area contributed by atoms with Crippen LogP contribution in [0, 0.1) is 30.6 Å². The number of aliphatic hydroxyl groups excluding tert-OH is 1. The van der Waals surface area contributed by atoms with Gasteiger partial charge in [0.15, 0.2) is 0 Å². The Morgan fingerprint density at radius 2 is 1.94 bits per heavy atom. The van der Waals surface area contributed by atoms with Gasteiger partial charge in [0.1, 0.15) is 5.75 Å². The van der Waals surface area contributed by atoms with E-state index >= 15 is 0 Å². The quantitative estimate of drug-likeness (QED) is 0.257. The number of methoxy groups -OCH3 is 1. The van der Waals surface area contributed by atoms with Gasteiger partial charge in [0.2, 0.25) is 5.91 Å². The Morgan fingerprint density at radius 1 is 1.19 bits per heavy atom. The molecule has 1 aliphatic rings. The molecule has 0 radical (unpaired) electrons. The van der Waals surface area contributed by atoms with Crippen LogP contribution >= 0.6 is 0 Å². The highest BCUT2D eigenvalue weighted by molar-refractivity contribution is 5.79. The number of rotatable bonds is 16. The minimum Gasteiger partial charge on any atom is -0.493 e. The molecule has 5 N–H and O–H groups in total. The van der Waals surface area contributed by atoms with Crippen LogP contribution in [0.1, 0.15) is 64.5 Å². The van der Waals surface area contributed by atoms with Crippen LogP contribution in [0.5, 0.6) is 5.75 Å². The van der Waals surface area contributed by atoms with Crippen molar-refractivity contribution in [3.05, 3.63) is 29.3 Å². The molecule has 1 unspecified atom stereocenters. The molecular formula is C29H51N3O4. The summed E-state index contributed by atoms with van der Waals surface area (Å²) in [7, 11) is 1.70. The van der Waals surface area contributed by atoms with Gasteiger partial charge in [-0.25, -0.2) is 0 Å². The summed E-state index contributed by atoms with van der Waals surface area (Å²) in [4.78, 5) is 12.9. The van der Waals surface area contributed by atoms with Crippen LogP contribution in [0.25, 0.3) is 0 Å². The van der Waals surface area contributed by atoms with E-state index in [1.165, 1.54) is 5.56 Å². The molecule has 1 aromatic rings. The number of ether oxygens (including phenoxy) is 2. The van der Waals surface area contributed by atoms with E-state index in [4.69, 9.17) is 15.2 Å². The molecule has 1 amide bonds. The molecule has 36 heavy (non-hydrogen) atoms. The SMILES string of the molecule is COCCCOc1cc(CC(C[C@H](N)[C@@H](O)C[C@H](C(=O)N[C@@H]2CCNC2)C(C)C)C(C)C)ccc1C. The number of hydrogen-bond donors (Lipinski definition) is 4. The van der Waals surface area contributed by atoms with Gasteiger partial charge >= 0.3 is 0 Å². The molecule has 0 bridgehead atoms. The lowest BCUT2D eigenvalue weighted by Crippen LogP contribution is -2.45. The largest absolute Gasteiger partial charge is 0.493 e. The van der Waals surface area contributed by atoms with E-state index in [-0.39, 0.29) is 29.8 Å². The highest BCUT2D eigenvalue weighted by atomic mass is 16.5. The van der Waals surface area contributed by atoms with Gasteiger partial charge in [0.25, 0.3) is 0 Å². The van der Waals surface area contributed by atoms with E-state index in [1.54, 1.807) is 7.11 Å². The smallest absolute Gasteiger partial charge is 0.223 e. The lowest BCUT2D eigenvalue weighted by Gasteiger charge is -2.30. The Kier molecular flexibility index (Phi) is 13.2. The van der Waals surface area contributed by atoms with Gasteiger partial charge in [-0.3, -0.25) is 4.79 Å². The molecule has 0 saturated carbocycles. The summed E-state index contributed by atoms with van der Waals surface area (Å²) in [5, 5.41) is 17.5. The first-order valence-electron chi connectivity index (χ1n) is 13.8. The summed E-state index contributed by atoms with van der Waals surface area (Å²) in [6.07, 6.45) is 3.05. The molecule has 1 heterocycles. The average molecular weight is 506 g/mol. The summed E-state index contributed by atoms with van der Waals surface area (Å²) in [5.41, 5.74) is 8.88. The summed E-state index contributed by atoms with van der Waals surface area (Å²) < 4.78 is 11.1. The molecule has 7 heteroatoms. The second-order valence-corrected chi connectivity index (χ2v) is 11.3. The molecule has 1 aromatic carbocycles. The molecule has 206 valence electrons. The Balaban J connectivity index is 1.97. The predicted molar refractivity (Wildman–Crippen MR) is 146 cm³/mol. The lowest BCUT2D eigenvalue weighted by atomic mass is 9.80. The standard InChI is InChI=1S/C29H51N3O4/c1-19(2)23(14-22-9-8-21(5)28(15-22)36-13-7-12-35-6)16-26(30)27(33)17-25(20(3)4)29(34)32-24-10-11-31-18-24/h8-9,15,19-20,23-27,31,33H,7,10-14,16-18,30H2,1-6H3,(H,32,34)/t23?,24-,25+,26+,27+/m1/s1. The van der Waals surface area contributed by atoms with Crippen molar-refractivity contribution in [2.75, 3.05) is 33.4 Å². The molecule has 7 nitrogen and oxygen atoms in total. The highest BCUT2D eigenvalue weighted by Crippen LogP contribution is 2.28. The number of carbonyl (C=O) groups is 1. The van der Waals surface area contributed by atoms with Crippen molar-refractivity contribution in [1.29, 1.82) is 0 Å². The number of amides is 1. The third kappa shape index (κ3) is 10.0. The fourth-order valence-corrected chi connectivity index (χ4v) is 4.92. The zero-order chi connectivity index (χ0) is 26.7. The molecule has 5 atom stereocenters. The van der Waals surface area contributed by atoms with Crippen molar-refractivity contribution in [2.24, 2.45) is 29.4 Å². The number of aryl methyl sites for hydroxylation is 1. The van der Waals surface area contributed by atoms with Crippen LogP contribution in [0.15, 0.2) is 18.2 Å². The predicted octanol–water partition coefficient (Wildman–Crippen LogP) is 3.44. The Bertz CT molecular complexity index is 780. The molecular weight excluding hydrogens is 454 g/mol. The Labute approximate surface area is 218 Å². The van der Waals surface area contributed by atoms with Crippen LogP contribution < -0.4 is 21.1 Å². The lowest BCUT2D eigenvalue weighted by molar-refractivity contribution is -0.128. The third-order valence-electron chi connectivity index (χ3n) is 7.56. The van der Waals surface area contributed by atoms with E-state index in [1.807, 2.05) is 13.8 Å². The van der Waals surface area contributed by atoms with Gasteiger partial charge in [-0.15, -0.1) is 0 Å². The molecule has 0 spiro atoms. The zero-order valence-electron chi connectivity index (χ0n) is 23.4. The van der Waals surface area contributed by atoms with E-state index in [9.17, 15) is 9.90 Å². The Hall–Kier alpha value is -1.67. The summed E-state index contributed by atoms with van der Waals surface area (Å²) in [5.74, 6) is 1.56. The molecule has 0 aliphatic carbocycles. The minimum atomic E-state index is -0.719. The first-order chi connectivity index (χ1) is 17.1. The number of nitrogens with two attached hydrogens (primary N) is 1. The maximum atomic E-state index is 12.9. The van der Waals surface area contributed by atoms with Gasteiger partial charge in [-0.2, -0.15) is 0 Å². The zero-order valence-corrected chi connectivity index (χ0v) is 23.4. The number of carbonyl (C=O) groups excluding carboxylic acids is 1. The van der Waals surface area contributed by atoms with Crippen molar-refractivity contribution in [3.63, 3.8) is 0 Å². The van der Waals surface area contributed by atoms with Crippen LogP contribution in [0.2, 0.25) is 0 Å². The second-order valence-electron chi connectivity index (χ2n) is 11.3. The van der Waals surface area contributed by atoms with Gasteiger partial charge in [-0.05, 0) is 74.1 Å². The molecule has 0 aromatic heterocycles. The molecule has 1 saturated heterocycles. The number of benzene rings is 1. The van der Waals surface area contributed by atoms with Crippen LogP contribution in [-0.4, -0.2) is 62.6 Å². The first-order valence-corrected chi connectivity index (χ1v) is 13.8. The van der Waals surface area contributed by atoms with E-state index in [2.05, 4.69) is 49.6 Å². The van der Waals surface area contributed by atoms with Gasteiger partial charge < -0.3 is 30.9 Å². The van der Waals surface area contributed by atoms with Crippen molar-refractivity contribution in [3.8, 4) is 5.75 Å². The van der Waals surface area contributed by atoms with E-state index in [0.717, 1.165) is 43.7 Å². The van der Waals surface area contributed by atoms with Crippen molar-refractivity contribution < 1.29 is 19.4 Å². The first kappa shape index (κ1) is 30.6. The number of hydrogen-bond acceptors (Lipinski definition) is 6. The summed E-state index contributed by atoms with van der Waals surface area (Å²) in [6.45, 7) is 13.6. The fourth-order valence-electron chi connectivity index (χ4n) is 4.92. The minimum absolute atomic E-state index is 0.0306. The van der Waals surface area contributed by atoms with Crippen LogP contribution in [0.4, 0.5) is 0 Å². The molecule has 1 aliphatic heterocycles. The topological polar surface area (TPSA) is 106 Å². The highest BCUT2D eigenvalue weighted by Gasteiger charge is 2.31.